The molecular weight excluding hydrogens is 100 g/mol. The van der Waals surface area contributed by atoms with Gasteiger partial charge in [-0.05, 0) is 5.37 Å². The van der Waals surface area contributed by atoms with Crippen LogP contribution in [0.4, 0.5) is 0 Å². The molecule has 0 spiro atoms. The molecule has 0 amide bonds. The van der Waals surface area contributed by atoms with Gasteiger partial charge in [-0.25, -0.2) is 0 Å². The van der Waals surface area contributed by atoms with Crippen molar-refractivity contribution in [2.75, 3.05) is 0 Å². The zero-order valence-corrected chi connectivity index (χ0v) is 3.83. The number of rotatable bonds is 2. The highest BCUT2D eigenvalue weighted by molar-refractivity contribution is 7.79. The molecule has 0 rings (SSSR count). The van der Waals surface area contributed by atoms with Crippen LogP contribution >= 0.6 is 12.2 Å². The second-order valence-corrected chi connectivity index (χ2v) is 1.08. The van der Waals surface area contributed by atoms with Gasteiger partial charge in [0.25, 0.3) is 0 Å². The SMILES string of the molecule is O=C([O-])CC=S. The third-order valence-corrected chi connectivity index (χ3v) is 0.417. The monoisotopic (exact) mass is 103 g/mol. The molecule has 34 valence electrons. The van der Waals surface area contributed by atoms with Crippen LogP contribution in [0.3, 0.4) is 0 Å². The summed E-state index contributed by atoms with van der Waals surface area (Å²) in [6, 6.07) is 0. The van der Waals surface area contributed by atoms with Crippen molar-refractivity contribution in [1.82, 2.24) is 0 Å². The zero-order chi connectivity index (χ0) is 4.99. The Balaban J connectivity index is 3.05. The summed E-state index contributed by atoms with van der Waals surface area (Å²) in [5.74, 6) is -1.12. The number of thiocarbonyl (C=S) groups is 1. The molecule has 6 heavy (non-hydrogen) atoms. The van der Waals surface area contributed by atoms with E-state index in [1.165, 1.54) is 0 Å². The largest absolute Gasteiger partial charge is 0.550 e. The van der Waals surface area contributed by atoms with Gasteiger partial charge in [-0.15, -0.1) is 0 Å². The molecule has 0 radical (unpaired) electrons. The Kier molecular flexibility index (Phi) is 2.58. The van der Waals surface area contributed by atoms with Gasteiger partial charge in [0.1, 0.15) is 0 Å². The summed E-state index contributed by atoms with van der Waals surface area (Å²) >= 11 is 4.18. The van der Waals surface area contributed by atoms with E-state index in [9.17, 15) is 9.90 Å². The zero-order valence-electron chi connectivity index (χ0n) is 3.01. The van der Waals surface area contributed by atoms with Gasteiger partial charge in [0.15, 0.2) is 0 Å². The van der Waals surface area contributed by atoms with Crippen LogP contribution in [-0.2, 0) is 4.79 Å². The first kappa shape index (κ1) is 5.56. The third-order valence-electron chi connectivity index (χ3n) is 0.250. The summed E-state index contributed by atoms with van der Waals surface area (Å²) in [7, 11) is 0. The van der Waals surface area contributed by atoms with Crippen molar-refractivity contribution in [3.63, 3.8) is 0 Å². The Morgan fingerprint density at radius 3 is 2.50 bits per heavy atom. The van der Waals surface area contributed by atoms with Crippen molar-refractivity contribution in [3.8, 4) is 0 Å². The van der Waals surface area contributed by atoms with Crippen molar-refractivity contribution in [2.45, 2.75) is 6.42 Å². The molecule has 0 saturated heterocycles. The van der Waals surface area contributed by atoms with Gasteiger partial charge in [0.05, 0.1) is 0 Å². The molecule has 0 aliphatic rings. The molecule has 0 aliphatic carbocycles. The molecule has 2 nitrogen and oxygen atoms in total. The molecule has 0 aromatic heterocycles. The Labute approximate surface area is 40.8 Å². The topological polar surface area (TPSA) is 40.1 Å². The van der Waals surface area contributed by atoms with E-state index in [2.05, 4.69) is 12.2 Å². The Morgan fingerprint density at radius 1 is 2.00 bits per heavy atom. The van der Waals surface area contributed by atoms with Crippen LogP contribution in [0, 0.1) is 0 Å². The highest BCUT2D eigenvalue weighted by Gasteiger charge is 1.71. The number of hydrogen-bond donors (Lipinski definition) is 0. The highest BCUT2D eigenvalue weighted by Crippen LogP contribution is 1.63. The molecule has 0 bridgehead atoms. The maximum Gasteiger partial charge on any atom is 0.0460 e. The highest BCUT2D eigenvalue weighted by atomic mass is 32.1. The van der Waals surface area contributed by atoms with Crippen molar-refractivity contribution in [3.05, 3.63) is 0 Å². The number of carbonyl (C=O) groups excluding carboxylic acids is 1. The first-order chi connectivity index (χ1) is 2.77. The quantitative estimate of drug-likeness (QED) is 0.426. The van der Waals surface area contributed by atoms with Crippen LogP contribution in [0.25, 0.3) is 0 Å². The van der Waals surface area contributed by atoms with Gasteiger partial charge in [-0.1, -0.05) is 12.2 Å². The van der Waals surface area contributed by atoms with Gasteiger partial charge in [0, 0.05) is 12.4 Å². The fourth-order valence-electron chi connectivity index (χ4n) is 0.0680. The minimum atomic E-state index is -1.12. The molecule has 0 aromatic carbocycles. The number of hydrogen-bond acceptors (Lipinski definition) is 3. The van der Waals surface area contributed by atoms with Crippen LogP contribution in [0.1, 0.15) is 6.42 Å². The molecule has 0 saturated carbocycles. The lowest BCUT2D eigenvalue weighted by Crippen LogP contribution is -2.21. The van der Waals surface area contributed by atoms with E-state index in [-0.39, 0.29) is 6.42 Å². The normalized spacial score (nSPS) is 7.33. The Morgan fingerprint density at radius 2 is 2.50 bits per heavy atom. The van der Waals surface area contributed by atoms with Crippen LogP contribution < -0.4 is 5.11 Å². The molecule has 0 aliphatic heterocycles. The summed E-state index contributed by atoms with van der Waals surface area (Å²) in [5.41, 5.74) is 0. The molecular formula is C3H3O2S-. The summed E-state index contributed by atoms with van der Waals surface area (Å²) in [6.07, 6.45) is -0.130. The van der Waals surface area contributed by atoms with Crippen molar-refractivity contribution >= 4 is 23.6 Å². The van der Waals surface area contributed by atoms with E-state index in [0.29, 0.717) is 0 Å². The summed E-state index contributed by atoms with van der Waals surface area (Å²) in [5, 5.41) is 10.5. The van der Waals surface area contributed by atoms with Crippen LogP contribution in [0.15, 0.2) is 0 Å². The van der Waals surface area contributed by atoms with Gasteiger partial charge < -0.3 is 9.90 Å². The van der Waals surface area contributed by atoms with E-state index in [4.69, 9.17) is 0 Å². The minimum absolute atomic E-state index is 0.130. The van der Waals surface area contributed by atoms with E-state index >= 15 is 0 Å². The molecule has 0 N–H and O–H groups in total. The number of carbonyl (C=O) groups is 1. The minimum Gasteiger partial charge on any atom is -0.550 e. The van der Waals surface area contributed by atoms with E-state index in [1.807, 2.05) is 0 Å². The second kappa shape index (κ2) is 2.78. The Bertz CT molecular complexity index is 69.2. The van der Waals surface area contributed by atoms with E-state index < -0.39 is 5.97 Å². The molecule has 3 heteroatoms. The molecule has 0 fully saturated rings. The molecule has 0 heterocycles. The van der Waals surface area contributed by atoms with E-state index in [0.717, 1.165) is 5.37 Å². The maximum atomic E-state index is 9.39. The fourth-order valence-corrected chi connectivity index (χ4v) is 0.204. The summed E-state index contributed by atoms with van der Waals surface area (Å²) in [6.45, 7) is 0. The molecule has 0 aromatic rings. The first-order valence-electron chi connectivity index (χ1n) is 1.41. The average Bonchev–Trinajstić information content (AvgIpc) is 1.35. The first-order valence-corrected chi connectivity index (χ1v) is 1.88. The summed E-state index contributed by atoms with van der Waals surface area (Å²) in [4.78, 5) is 9.39. The van der Waals surface area contributed by atoms with Gasteiger partial charge in [-0.3, -0.25) is 0 Å². The summed E-state index contributed by atoms with van der Waals surface area (Å²) < 4.78 is 0. The molecule has 0 atom stereocenters. The third kappa shape index (κ3) is 3.56. The predicted octanol–water partition coefficient (Wildman–Crippen LogP) is -0.874. The smallest absolute Gasteiger partial charge is 0.0460 e. The lowest BCUT2D eigenvalue weighted by Gasteiger charge is -1.88. The van der Waals surface area contributed by atoms with Gasteiger partial charge in [0.2, 0.25) is 0 Å². The maximum absolute atomic E-state index is 9.39. The van der Waals surface area contributed by atoms with Crippen LogP contribution in [0.5, 0.6) is 0 Å². The van der Waals surface area contributed by atoms with Crippen molar-refractivity contribution in [2.24, 2.45) is 0 Å². The fraction of sp³-hybridized carbons (Fsp3) is 0.333. The predicted molar refractivity (Wildman–Crippen MR) is 23.3 cm³/mol. The van der Waals surface area contributed by atoms with Crippen molar-refractivity contribution < 1.29 is 9.90 Å². The molecule has 0 unspecified atom stereocenters. The number of carboxylic acids is 1. The number of carboxylic acid groups (broad SMARTS) is 1. The number of aliphatic carboxylic acids is 1. The lowest BCUT2D eigenvalue weighted by molar-refractivity contribution is -0.303. The van der Waals surface area contributed by atoms with Crippen molar-refractivity contribution in [1.29, 1.82) is 0 Å². The standard InChI is InChI=1S/C3H4O2S/c4-3(5)1-2-6/h2H,1H2,(H,4,5)/p-1. The average molecular weight is 103 g/mol. The lowest BCUT2D eigenvalue weighted by atomic mass is 10.5. The van der Waals surface area contributed by atoms with Crippen LogP contribution in [-0.4, -0.2) is 11.3 Å². The van der Waals surface area contributed by atoms with E-state index in [1.54, 1.807) is 0 Å². The van der Waals surface area contributed by atoms with Crippen LogP contribution in [0.2, 0.25) is 0 Å². The Hall–Kier alpha value is -0.440. The van der Waals surface area contributed by atoms with Gasteiger partial charge in [-0.2, -0.15) is 0 Å². The second-order valence-electron chi connectivity index (χ2n) is 0.743. The van der Waals surface area contributed by atoms with Gasteiger partial charge >= 0.3 is 0 Å².